The van der Waals surface area contributed by atoms with Gasteiger partial charge in [0.15, 0.2) is 0 Å². The van der Waals surface area contributed by atoms with Gasteiger partial charge in [0.2, 0.25) is 11.8 Å². The van der Waals surface area contributed by atoms with Gasteiger partial charge in [-0.2, -0.15) is 0 Å². The number of hydrogen-bond donors (Lipinski definition) is 2. The third-order valence-electron chi connectivity index (χ3n) is 5.13. The number of hydrogen-bond acceptors (Lipinski definition) is 3. The van der Waals surface area contributed by atoms with E-state index < -0.39 is 0 Å². The summed E-state index contributed by atoms with van der Waals surface area (Å²) in [6, 6.07) is 0. The number of nitrogens with two attached hydrogens (primary N) is 1. The second-order valence-electron chi connectivity index (χ2n) is 7.51. The van der Waals surface area contributed by atoms with Crippen LogP contribution in [0.25, 0.3) is 0 Å². The van der Waals surface area contributed by atoms with Crippen LogP contribution in [0.1, 0.15) is 84.0 Å². The summed E-state index contributed by atoms with van der Waals surface area (Å²) in [5.74, 6) is -0.264. The van der Waals surface area contributed by atoms with Gasteiger partial charge in [-0.05, 0) is 25.8 Å². The molecule has 0 aliphatic carbocycles. The van der Waals surface area contributed by atoms with E-state index in [2.05, 4.69) is 12.2 Å². The van der Waals surface area contributed by atoms with E-state index in [0.29, 0.717) is 13.1 Å². The Hall–Kier alpha value is -1.10. The van der Waals surface area contributed by atoms with E-state index in [0.717, 1.165) is 32.4 Å². The first kappa shape index (κ1) is 21.9. The van der Waals surface area contributed by atoms with Gasteiger partial charge in [0.05, 0.1) is 12.5 Å². The molecule has 0 saturated carbocycles. The molecule has 1 saturated heterocycles. The minimum absolute atomic E-state index is 0.0704. The highest BCUT2D eigenvalue weighted by molar-refractivity contribution is 5.79. The summed E-state index contributed by atoms with van der Waals surface area (Å²) in [5, 5.41) is 3.00. The molecular formula is C20H39N3O2. The molecule has 1 aliphatic heterocycles. The number of carbonyl (C=O) groups excluding carboxylic acids is 2. The van der Waals surface area contributed by atoms with Crippen molar-refractivity contribution in [1.82, 2.24) is 10.2 Å². The summed E-state index contributed by atoms with van der Waals surface area (Å²) in [6.45, 7) is 4.92. The number of likely N-dealkylation sites (tertiary alicyclic amines) is 1. The Balaban J connectivity index is 1.92. The van der Waals surface area contributed by atoms with Crippen molar-refractivity contribution in [3.8, 4) is 0 Å². The number of amides is 2. The Morgan fingerprint density at radius 2 is 1.60 bits per heavy atom. The van der Waals surface area contributed by atoms with Gasteiger partial charge in [-0.15, -0.1) is 0 Å². The highest BCUT2D eigenvalue weighted by Gasteiger charge is 2.24. The van der Waals surface area contributed by atoms with Gasteiger partial charge >= 0.3 is 0 Å². The summed E-state index contributed by atoms with van der Waals surface area (Å²) in [5.41, 5.74) is 5.37. The zero-order chi connectivity index (χ0) is 18.3. The van der Waals surface area contributed by atoms with Crippen molar-refractivity contribution in [1.29, 1.82) is 0 Å². The monoisotopic (exact) mass is 353 g/mol. The molecule has 0 aromatic rings. The SMILES string of the molecule is CCCCCCCCCCCCNC(=O)CN1CCC[C@@H](C(N)=O)C1. The first-order chi connectivity index (χ1) is 12.1. The Bertz CT molecular complexity index is 374. The number of primary amides is 1. The molecule has 1 fully saturated rings. The lowest BCUT2D eigenvalue weighted by molar-refractivity contribution is -0.126. The average Bonchev–Trinajstić information content (AvgIpc) is 2.60. The molecule has 0 unspecified atom stereocenters. The summed E-state index contributed by atoms with van der Waals surface area (Å²) >= 11 is 0. The highest BCUT2D eigenvalue weighted by atomic mass is 16.2. The molecule has 2 amide bonds. The molecule has 3 N–H and O–H groups in total. The molecule has 5 heteroatoms. The van der Waals surface area contributed by atoms with Gasteiger partial charge in [-0.3, -0.25) is 14.5 Å². The molecule has 5 nitrogen and oxygen atoms in total. The average molecular weight is 354 g/mol. The van der Waals surface area contributed by atoms with Crippen LogP contribution < -0.4 is 11.1 Å². The van der Waals surface area contributed by atoms with E-state index in [4.69, 9.17) is 5.73 Å². The van der Waals surface area contributed by atoms with Crippen LogP contribution in [0.4, 0.5) is 0 Å². The fourth-order valence-corrected chi connectivity index (χ4v) is 3.53. The van der Waals surface area contributed by atoms with Crippen molar-refractivity contribution < 1.29 is 9.59 Å². The fourth-order valence-electron chi connectivity index (χ4n) is 3.53. The van der Waals surface area contributed by atoms with Gasteiger partial charge in [-0.1, -0.05) is 64.7 Å². The molecule has 1 aliphatic rings. The molecule has 0 radical (unpaired) electrons. The van der Waals surface area contributed by atoms with Crippen LogP contribution in [0, 0.1) is 5.92 Å². The summed E-state index contributed by atoms with van der Waals surface area (Å²) in [7, 11) is 0. The maximum absolute atomic E-state index is 12.0. The zero-order valence-electron chi connectivity index (χ0n) is 16.2. The Kier molecular flexibility index (Phi) is 12.4. The number of nitrogens with one attached hydrogen (secondary N) is 1. The third kappa shape index (κ3) is 11.2. The van der Waals surface area contributed by atoms with Gasteiger partial charge in [0.1, 0.15) is 0 Å². The van der Waals surface area contributed by atoms with E-state index in [-0.39, 0.29) is 17.7 Å². The number of piperidine rings is 1. The number of carbonyl (C=O) groups is 2. The molecule has 0 spiro atoms. The van der Waals surface area contributed by atoms with E-state index in [1.54, 1.807) is 0 Å². The van der Waals surface area contributed by atoms with Crippen molar-refractivity contribution in [2.75, 3.05) is 26.2 Å². The van der Waals surface area contributed by atoms with Crippen LogP contribution in [0.5, 0.6) is 0 Å². The topological polar surface area (TPSA) is 75.4 Å². The standard InChI is InChI=1S/C20H39N3O2/c1-2-3-4-5-6-7-8-9-10-11-14-22-19(24)17-23-15-12-13-18(16-23)20(21)25/h18H,2-17H2,1H3,(H2,21,25)(H,22,24)/t18-/m1/s1. The van der Waals surface area contributed by atoms with Gasteiger partial charge in [0.25, 0.3) is 0 Å². The van der Waals surface area contributed by atoms with Crippen LogP contribution in [0.3, 0.4) is 0 Å². The second kappa shape index (κ2) is 14.1. The minimum atomic E-state index is -0.240. The first-order valence-electron chi connectivity index (χ1n) is 10.4. The third-order valence-corrected chi connectivity index (χ3v) is 5.13. The molecule has 1 rings (SSSR count). The molecule has 1 heterocycles. The van der Waals surface area contributed by atoms with Crippen LogP contribution in [-0.4, -0.2) is 42.9 Å². The number of unbranched alkanes of at least 4 members (excludes halogenated alkanes) is 9. The smallest absolute Gasteiger partial charge is 0.234 e. The lowest BCUT2D eigenvalue weighted by Crippen LogP contribution is -2.45. The molecule has 0 bridgehead atoms. The fraction of sp³-hybridized carbons (Fsp3) is 0.900. The van der Waals surface area contributed by atoms with E-state index in [1.807, 2.05) is 4.90 Å². The lowest BCUT2D eigenvalue weighted by Gasteiger charge is -2.30. The molecule has 25 heavy (non-hydrogen) atoms. The Morgan fingerprint density at radius 3 is 2.20 bits per heavy atom. The zero-order valence-corrected chi connectivity index (χ0v) is 16.2. The molecule has 0 aromatic heterocycles. The first-order valence-corrected chi connectivity index (χ1v) is 10.4. The molecule has 0 aromatic carbocycles. The Morgan fingerprint density at radius 1 is 1.00 bits per heavy atom. The Labute approximate surface area is 154 Å². The van der Waals surface area contributed by atoms with Crippen LogP contribution in [0.15, 0.2) is 0 Å². The summed E-state index contributed by atoms with van der Waals surface area (Å²) in [4.78, 5) is 25.3. The van der Waals surface area contributed by atoms with Crippen molar-refractivity contribution in [3.63, 3.8) is 0 Å². The van der Waals surface area contributed by atoms with Crippen LogP contribution in [-0.2, 0) is 9.59 Å². The highest BCUT2D eigenvalue weighted by Crippen LogP contribution is 2.15. The van der Waals surface area contributed by atoms with Gasteiger partial charge in [-0.25, -0.2) is 0 Å². The minimum Gasteiger partial charge on any atom is -0.369 e. The van der Waals surface area contributed by atoms with Crippen molar-refractivity contribution in [2.45, 2.75) is 84.0 Å². The normalized spacial score (nSPS) is 18.2. The predicted octanol–water partition coefficient (Wildman–Crippen LogP) is 3.22. The van der Waals surface area contributed by atoms with Crippen molar-refractivity contribution >= 4 is 11.8 Å². The van der Waals surface area contributed by atoms with Crippen LogP contribution >= 0.6 is 0 Å². The molecular weight excluding hydrogens is 314 g/mol. The maximum atomic E-state index is 12.0. The second-order valence-corrected chi connectivity index (χ2v) is 7.51. The van der Waals surface area contributed by atoms with Crippen molar-refractivity contribution in [2.24, 2.45) is 11.7 Å². The van der Waals surface area contributed by atoms with Gasteiger partial charge < -0.3 is 11.1 Å². The quantitative estimate of drug-likeness (QED) is 0.471. The van der Waals surface area contributed by atoms with E-state index in [1.165, 1.54) is 57.8 Å². The number of nitrogens with zero attached hydrogens (tertiary/aromatic N) is 1. The summed E-state index contributed by atoms with van der Waals surface area (Å²) < 4.78 is 0. The number of rotatable bonds is 14. The lowest BCUT2D eigenvalue weighted by atomic mass is 9.97. The van der Waals surface area contributed by atoms with Crippen LogP contribution in [0.2, 0.25) is 0 Å². The van der Waals surface area contributed by atoms with E-state index >= 15 is 0 Å². The largest absolute Gasteiger partial charge is 0.369 e. The summed E-state index contributed by atoms with van der Waals surface area (Å²) in [6.07, 6.45) is 14.8. The molecule has 1 atom stereocenters. The maximum Gasteiger partial charge on any atom is 0.234 e. The van der Waals surface area contributed by atoms with Crippen molar-refractivity contribution in [3.05, 3.63) is 0 Å². The van der Waals surface area contributed by atoms with Gasteiger partial charge in [0, 0.05) is 13.1 Å². The molecule has 146 valence electrons. The predicted molar refractivity (Wildman–Crippen MR) is 103 cm³/mol. The van der Waals surface area contributed by atoms with E-state index in [9.17, 15) is 9.59 Å².